The molecule has 27 heavy (non-hydrogen) atoms. The standard InChI is InChI=1S/C20H15N3O2S2/c1-2-11-23-18(25)17(12-13-7-9-14(24)10-8-13)27-20(23)22-19-21-15-5-3-4-6-16(15)26-19/h2-10,12,24H,1,11H2/b17-12-,22-20-. The molecule has 4 rings (SSSR count). The first-order valence-corrected chi connectivity index (χ1v) is 9.83. The van der Waals surface area contributed by atoms with Gasteiger partial charge in [-0.25, -0.2) is 4.98 Å². The molecule has 0 aliphatic carbocycles. The minimum absolute atomic E-state index is 0.118. The number of carbonyl (C=O) groups is 1. The summed E-state index contributed by atoms with van der Waals surface area (Å²) in [5.41, 5.74) is 1.73. The molecule has 134 valence electrons. The van der Waals surface area contributed by atoms with Crippen LogP contribution in [0.25, 0.3) is 16.3 Å². The van der Waals surface area contributed by atoms with Gasteiger partial charge in [-0.15, -0.1) is 6.58 Å². The van der Waals surface area contributed by atoms with Crippen molar-refractivity contribution in [2.24, 2.45) is 4.99 Å². The van der Waals surface area contributed by atoms with Crippen molar-refractivity contribution < 1.29 is 9.90 Å². The number of phenols is 1. The minimum atomic E-state index is -0.118. The molecule has 1 aliphatic heterocycles. The summed E-state index contributed by atoms with van der Waals surface area (Å²) in [6.45, 7) is 4.11. The van der Waals surface area contributed by atoms with Crippen LogP contribution in [0.15, 0.2) is 71.1 Å². The molecule has 1 aliphatic rings. The fraction of sp³-hybridized carbons (Fsp3) is 0.0500. The van der Waals surface area contributed by atoms with E-state index in [2.05, 4.69) is 16.6 Å². The molecule has 1 aromatic heterocycles. The Hall–Kier alpha value is -2.90. The van der Waals surface area contributed by atoms with Crippen LogP contribution in [0.3, 0.4) is 0 Å². The van der Waals surface area contributed by atoms with Crippen molar-refractivity contribution in [3.8, 4) is 5.75 Å². The van der Waals surface area contributed by atoms with Crippen LogP contribution in [-0.2, 0) is 4.79 Å². The van der Waals surface area contributed by atoms with Gasteiger partial charge in [-0.05, 0) is 47.7 Å². The Morgan fingerprint density at radius 1 is 1.19 bits per heavy atom. The Morgan fingerprint density at radius 2 is 1.96 bits per heavy atom. The van der Waals surface area contributed by atoms with Crippen molar-refractivity contribution in [1.82, 2.24) is 9.88 Å². The highest BCUT2D eigenvalue weighted by Gasteiger charge is 2.32. The lowest BCUT2D eigenvalue weighted by atomic mass is 10.2. The van der Waals surface area contributed by atoms with E-state index in [4.69, 9.17) is 0 Å². The van der Waals surface area contributed by atoms with Gasteiger partial charge in [-0.2, -0.15) is 4.99 Å². The van der Waals surface area contributed by atoms with Gasteiger partial charge in [0.05, 0.1) is 15.1 Å². The number of hydrogen-bond donors (Lipinski definition) is 1. The number of amides is 1. The van der Waals surface area contributed by atoms with Crippen LogP contribution in [0.5, 0.6) is 5.75 Å². The van der Waals surface area contributed by atoms with Crippen molar-refractivity contribution in [3.63, 3.8) is 0 Å². The van der Waals surface area contributed by atoms with Gasteiger partial charge in [-0.1, -0.05) is 41.7 Å². The second-order valence-corrected chi connectivity index (χ2v) is 7.78. The SMILES string of the molecule is C=CCN1C(=O)/C(=C/c2ccc(O)cc2)S/C1=N\c1nc2ccccc2s1. The molecule has 1 N–H and O–H groups in total. The van der Waals surface area contributed by atoms with Gasteiger partial charge >= 0.3 is 0 Å². The Kier molecular flexibility index (Phi) is 4.79. The number of hydrogen-bond acceptors (Lipinski definition) is 6. The Balaban J connectivity index is 1.69. The molecule has 5 nitrogen and oxygen atoms in total. The first-order chi connectivity index (χ1) is 13.1. The van der Waals surface area contributed by atoms with Crippen LogP contribution in [0.2, 0.25) is 0 Å². The average molecular weight is 393 g/mol. The van der Waals surface area contributed by atoms with Crippen molar-refractivity contribution in [2.75, 3.05) is 6.54 Å². The van der Waals surface area contributed by atoms with Crippen molar-refractivity contribution in [1.29, 1.82) is 0 Å². The molecular weight excluding hydrogens is 378 g/mol. The summed E-state index contributed by atoms with van der Waals surface area (Å²) in [6, 6.07) is 14.6. The lowest BCUT2D eigenvalue weighted by Crippen LogP contribution is -2.29. The third-order valence-electron chi connectivity index (χ3n) is 3.86. The normalized spacial score (nSPS) is 17.3. The van der Waals surface area contributed by atoms with Gasteiger partial charge < -0.3 is 5.11 Å². The summed E-state index contributed by atoms with van der Waals surface area (Å²) in [5, 5.41) is 10.6. The topological polar surface area (TPSA) is 65.8 Å². The van der Waals surface area contributed by atoms with Crippen molar-refractivity contribution in [3.05, 3.63) is 71.7 Å². The predicted molar refractivity (Wildman–Crippen MR) is 112 cm³/mol. The number of aromatic hydroxyl groups is 1. The lowest BCUT2D eigenvalue weighted by molar-refractivity contribution is -0.121. The van der Waals surface area contributed by atoms with Gasteiger partial charge in [0.1, 0.15) is 5.75 Å². The monoisotopic (exact) mass is 393 g/mol. The molecule has 0 radical (unpaired) electrons. The van der Waals surface area contributed by atoms with E-state index in [1.165, 1.54) is 23.1 Å². The molecule has 0 bridgehead atoms. The van der Waals surface area contributed by atoms with Crippen LogP contribution in [-0.4, -0.2) is 32.6 Å². The number of fused-ring (bicyclic) bond motifs is 1. The number of amidine groups is 1. The van der Waals surface area contributed by atoms with Crippen molar-refractivity contribution in [2.45, 2.75) is 0 Å². The van der Waals surface area contributed by atoms with E-state index >= 15 is 0 Å². The fourth-order valence-corrected chi connectivity index (χ4v) is 4.48. The first kappa shape index (κ1) is 17.5. The van der Waals surface area contributed by atoms with Crippen LogP contribution < -0.4 is 0 Å². The van der Waals surface area contributed by atoms with Gasteiger partial charge in [-0.3, -0.25) is 9.69 Å². The number of benzene rings is 2. The number of aromatic nitrogens is 1. The highest BCUT2D eigenvalue weighted by Crippen LogP contribution is 2.36. The van der Waals surface area contributed by atoms with E-state index < -0.39 is 0 Å². The lowest BCUT2D eigenvalue weighted by Gasteiger charge is -2.11. The molecule has 1 amide bonds. The zero-order valence-corrected chi connectivity index (χ0v) is 15.8. The highest BCUT2D eigenvalue weighted by molar-refractivity contribution is 8.18. The third-order valence-corrected chi connectivity index (χ3v) is 5.80. The molecule has 3 aromatic rings. The van der Waals surface area contributed by atoms with E-state index in [9.17, 15) is 9.90 Å². The number of para-hydroxylation sites is 1. The maximum atomic E-state index is 12.8. The highest BCUT2D eigenvalue weighted by atomic mass is 32.2. The second-order valence-electron chi connectivity index (χ2n) is 5.77. The quantitative estimate of drug-likeness (QED) is 0.511. The summed E-state index contributed by atoms with van der Waals surface area (Å²) in [7, 11) is 0. The number of aliphatic imine (C=N–C) groups is 1. The van der Waals surface area contributed by atoms with Crippen LogP contribution in [0, 0.1) is 0 Å². The first-order valence-electron chi connectivity index (χ1n) is 8.19. The van der Waals surface area contributed by atoms with E-state index in [0.717, 1.165) is 15.8 Å². The molecule has 0 atom stereocenters. The van der Waals surface area contributed by atoms with E-state index in [-0.39, 0.29) is 11.7 Å². The van der Waals surface area contributed by atoms with E-state index in [1.807, 2.05) is 24.3 Å². The fourth-order valence-electron chi connectivity index (χ4n) is 2.59. The van der Waals surface area contributed by atoms with Crippen LogP contribution >= 0.6 is 23.1 Å². The smallest absolute Gasteiger partial charge is 0.267 e. The molecule has 2 heterocycles. The van der Waals surface area contributed by atoms with Gasteiger partial charge in [0.2, 0.25) is 5.13 Å². The number of phenolic OH excluding ortho intramolecular Hbond substituents is 1. The van der Waals surface area contributed by atoms with Crippen LogP contribution in [0.4, 0.5) is 5.13 Å². The number of nitrogens with zero attached hydrogens (tertiary/aromatic N) is 3. The number of thiazole rings is 1. The minimum Gasteiger partial charge on any atom is -0.508 e. The number of thioether (sulfide) groups is 1. The van der Waals surface area contributed by atoms with Crippen molar-refractivity contribution >= 4 is 55.6 Å². The molecule has 1 saturated heterocycles. The Bertz CT molecular complexity index is 1050. The molecule has 1 fully saturated rings. The maximum Gasteiger partial charge on any atom is 0.267 e. The molecule has 0 unspecified atom stereocenters. The number of carbonyl (C=O) groups excluding carboxylic acids is 1. The van der Waals surface area contributed by atoms with Gasteiger partial charge in [0.25, 0.3) is 5.91 Å². The van der Waals surface area contributed by atoms with Gasteiger partial charge in [0.15, 0.2) is 5.17 Å². The zero-order chi connectivity index (χ0) is 18.8. The predicted octanol–water partition coefficient (Wildman–Crippen LogP) is 4.79. The summed E-state index contributed by atoms with van der Waals surface area (Å²) in [6.07, 6.45) is 3.47. The third kappa shape index (κ3) is 3.65. The summed E-state index contributed by atoms with van der Waals surface area (Å²) in [5.74, 6) is 0.0711. The molecule has 0 saturated carbocycles. The largest absolute Gasteiger partial charge is 0.508 e. The zero-order valence-electron chi connectivity index (χ0n) is 14.2. The molecular formula is C20H15N3O2S2. The molecule has 7 heteroatoms. The summed E-state index contributed by atoms with van der Waals surface area (Å²) < 4.78 is 1.06. The van der Waals surface area contributed by atoms with Crippen LogP contribution in [0.1, 0.15) is 5.56 Å². The van der Waals surface area contributed by atoms with E-state index in [1.54, 1.807) is 41.3 Å². The van der Waals surface area contributed by atoms with E-state index in [0.29, 0.717) is 21.7 Å². The average Bonchev–Trinajstić information content (AvgIpc) is 3.20. The maximum absolute atomic E-state index is 12.8. The number of rotatable bonds is 4. The molecule has 2 aromatic carbocycles. The second kappa shape index (κ2) is 7.38. The Morgan fingerprint density at radius 3 is 2.70 bits per heavy atom. The summed E-state index contributed by atoms with van der Waals surface area (Å²) in [4.78, 5) is 24.1. The summed E-state index contributed by atoms with van der Waals surface area (Å²) >= 11 is 2.80. The van der Waals surface area contributed by atoms with Gasteiger partial charge in [0, 0.05) is 6.54 Å². The Labute approximate surface area is 164 Å². The molecule has 0 spiro atoms.